The SMILES string of the molecule is CC1(C)C2CCC1(C)C(O)(C#CC1(O)CC3CCC1(C)C3(C)C)C2. The van der Waals surface area contributed by atoms with Crippen molar-refractivity contribution in [3.8, 4) is 11.8 Å². The minimum absolute atomic E-state index is 0.122. The molecule has 4 bridgehead atoms. The summed E-state index contributed by atoms with van der Waals surface area (Å²) in [5, 5.41) is 22.9. The van der Waals surface area contributed by atoms with E-state index < -0.39 is 11.2 Å². The zero-order valence-corrected chi connectivity index (χ0v) is 16.3. The van der Waals surface area contributed by atoms with Crippen molar-refractivity contribution >= 4 is 0 Å². The lowest BCUT2D eigenvalue weighted by atomic mass is 9.63. The van der Waals surface area contributed by atoms with Crippen molar-refractivity contribution in [1.82, 2.24) is 0 Å². The third-order valence-electron chi connectivity index (χ3n) is 10.3. The molecule has 6 atom stereocenters. The molecule has 4 rings (SSSR count). The number of rotatable bonds is 0. The first-order valence-electron chi connectivity index (χ1n) is 9.82. The van der Waals surface area contributed by atoms with E-state index in [4.69, 9.17) is 0 Å². The van der Waals surface area contributed by atoms with Crippen LogP contribution >= 0.6 is 0 Å². The average Bonchev–Trinajstić information content (AvgIpc) is 2.96. The van der Waals surface area contributed by atoms with Crippen molar-refractivity contribution in [2.45, 2.75) is 91.3 Å². The van der Waals surface area contributed by atoms with Crippen LogP contribution in [0.1, 0.15) is 80.1 Å². The molecule has 134 valence electrons. The van der Waals surface area contributed by atoms with Gasteiger partial charge in [0.15, 0.2) is 0 Å². The summed E-state index contributed by atoms with van der Waals surface area (Å²) in [5.41, 5.74) is -1.98. The highest BCUT2D eigenvalue weighted by molar-refractivity contribution is 5.36. The normalized spacial score (nSPS) is 56.3. The van der Waals surface area contributed by atoms with Gasteiger partial charge in [-0.3, -0.25) is 0 Å². The predicted octanol–water partition coefficient (Wildman–Crippen LogP) is 4.14. The van der Waals surface area contributed by atoms with Gasteiger partial charge in [0.1, 0.15) is 11.2 Å². The van der Waals surface area contributed by atoms with Gasteiger partial charge in [-0.05, 0) is 61.2 Å². The van der Waals surface area contributed by atoms with Crippen molar-refractivity contribution in [3.05, 3.63) is 0 Å². The lowest BCUT2D eigenvalue weighted by Crippen LogP contribution is -2.49. The molecule has 24 heavy (non-hydrogen) atoms. The Bertz CT molecular complexity index is 599. The standard InChI is InChI=1S/C22H34O2/c1-17(2)15-7-9-19(17,5)21(23,13-15)11-12-22(24)14-16-8-10-20(22,6)18(16,3)4/h15-16,23-24H,7-10,13-14H2,1-6H3. The highest BCUT2D eigenvalue weighted by atomic mass is 16.3. The van der Waals surface area contributed by atoms with Crippen LogP contribution in [0.4, 0.5) is 0 Å². The second kappa shape index (κ2) is 4.24. The fourth-order valence-electron chi connectivity index (χ4n) is 7.14. The van der Waals surface area contributed by atoms with E-state index in [0.717, 1.165) is 25.7 Å². The zero-order chi connectivity index (χ0) is 17.8. The minimum Gasteiger partial charge on any atom is -0.377 e. The second-order valence-corrected chi connectivity index (χ2v) is 11.0. The van der Waals surface area contributed by atoms with Crippen LogP contribution in [-0.4, -0.2) is 21.4 Å². The topological polar surface area (TPSA) is 40.5 Å². The summed E-state index contributed by atoms with van der Waals surface area (Å²) in [5.74, 6) is 7.63. The van der Waals surface area contributed by atoms with Crippen molar-refractivity contribution in [2.24, 2.45) is 33.5 Å². The van der Waals surface area contributed by atoms with Gasteiger partial charge in [-0.15, -0.1) is 0 Å². The van der Waals surface area contributed by atoms with Crippen LogP contribution < -0.4 is 0 Å². The molecular formula is C22H34O2. The van der Waals surface area contributed by atoms with E-state index in [2.05, 4.69) is 53.4 Å². The van der Waals surface area contributed by atoms with Crippen LogP contribution in [-0.2, 0) is 0 Å². The first-order chi connectivity index (χ1) is 10.8. The Kier molecular flexibility index (Phi) is 2.99. The van der Waals surface area contributed by atoms with Crippen LogP contribution in [0.15, 0.2) is 0 Å². The van der Waals surface area contributed by atoms with Crippen LogP contribution in [0.5, 0.6) is 0 Å². The molecule has 4 saturated carbocycles. The van der Waals surface area contributed by atoms with E-state index in [-0.39, 0.29) is 21.7 Å². The Balaban J connectivity index is 1.72. The van der Waals surface area contributed by atoms with Gasteiger partial charge in [0.05, 0.1) is 0 Å². The smallest absolute Gasteiger partial charge is 0.131 e. The monoisotopic (exact) mass is 330 g/mol. The Hall–Kier alpha value is -0.520. The molecule has 0 heterocycles. The van der Waals surface area contributed by atoms with Crippen LogP contribution in [0.25, 0.3) is 0 Å². The average molecular weight is 331 g/mol. The summed E-state index contributed by atoms with van der Waals surface area (Å²) in [6, 6.07) is 0. The molecule has 2 heteroatoms. The number of aliphatic hydroxyl groups is 2. The Labute approximate surface area is 147 Å². The van der Waals surface area contributed by atoms with Crippen LogP contribution in [0, 0.1) is 45.3 Å². The van der Waals surface area contributed by atoms with Gasteiger partial charge in [0, 0.05) is 10.8 Å². The maximum absolute atomic E-state index is 11.5. The zero-order valence-electron chi connectivity index (χ0n) is 16.3. The molecule has 0 saturated heterocycles. The van der Waals surface area contributed by atoms with Gasteiger partial charge >= 0.3 is 0 Å². The van der Waals surface area contributed by atoms with E-state index in [1.807, 2.05) is 0 Å². The van der Waals surface area contributed by atoms with E-state index in [9.17, 15) is 10.2 Å². The lowest BCUT2D eigenvalue weighted by Gasteiger charge is -2.44. The molecule has 0 aliphatic heterocycles. The first-order valence-corrected chi connectivity index (χ1v) is 9.82. The molecule has 0 spiro atoms. The Morgan fingerprint density at radius 3 is 1.21 bits per heavy atom. The molecule has 0 aromatic rings. The van der Waals surface area contributed by atoms with Crippen molar-refractivity contribution in [3.63, 3.8) is 0 Å². The predicted molar refractivity (Wildman–Crippen MR) is 96.1 cm³/mol. The fourth-order valence-corrected chi connectivity index (χ4v) is 7.14. The van der Waals surface area contributed by atoms with Gasteiger partial charge in [-0.1, -0.05) is 53.4 Å². The third-order valence-corrected chi connectivity index (χ3v) is 10.3. The summed E-state index contributed by atoms with van der Waals surface area (Å²) in [6.07, 6.45) is 6.01. The molecule has 0 radical (unpaired) electrons. The summed E-state index contributed by atoms with van der Waals surface area (Å²) in [6.45, 7) is 13.6. The van der Waals surface area contributed by atoms with Crippen molar-refractivity contribution < 1.29 is 10.2 Å². The van der Waals surface area contributed by atoms with Gasteiger partial charge in [-0.2, -0.15) is 0 Å². The van der Waals surface area contributed by atoms with E-state index in [1.54, 1.807) is 0 Å². The minimum atomic E-state index is -0.947. The first kappa shape index (κ1) is 16.9. The van der Waals surface area contributed by atoms with Crippen molar-refractivity contribution in [1.29, 1.82) is 0 Å². The van der Waals surface area contributed by atoms with Crippen LogP contribution in [0.3, 0.4) is 0 Å². The van der Waals surface area contributed by atoms with Crippen LogP contribution in [0.2, 0.25) is 0 Å². The molecule has 0 aromatic heterocycles. The summed E-state index contributed by atoms with van der Waals surface area (Å²) < 4.78 is 0. The molecule has 0 amide bonds. The Morgan fingerprint density at radius 2 is 1.00 bits per heavy atom. The van der Waals surface area contributed by atoms with E-state index in [1.165, 1.54) is 12.8 Å². The van der Waals surface area contributed by atoms with E-state index in [0.29, 0.717) is 11.8 Å². The van der Waals surface area contributed by atoms with Crippen molar-refractivity contribution in [2.75, 3.05) is 0 Å². The summed E-state index contributed by atoms with van der Waals surface area (Å²) in [7, 11) is 0. The number of hydrogen-bond donors (Lipinski definition) is 2. The highest BCUT2D eigenvalue weighted by Gasteiger charge is 2.70. The Morgan fingerprint density at radius 1 is 0.667 bits per heavy atom. The summed E-state index contributed by atoms with van der Waals surface area (Å²) in [4.78, 5) is 0. The van der Waals surface area contributed by atoms with Gasteiger partial charge in [0.2, 0.25) is 0 Å². The van der Waals surface area contributed by atoms with Gasteiger partial charge < -0.3 is 10.2 Å². The van der Waals surface area contributed by atoms with Gasteiger partial charge in [0.25, 0.3) is 0 Å². The molecule has 4 aliphatic rings. The molecule has 4 fully saturated rings. The molecule has 2 N–H and O–H groups in total. The highest BCUT2D eigenvalue weighted by Crippen LogP contribution is 2.71. The summed E-state index contributed by atoms with van der Waals surface area (Å²) >= 11 is 0. The molecule has 2 nitrogen and oxygen atoms in total. The molecular weight excluding hydrogens is 296 g/mol. The lowest BCUT2D eigenvalue weighted by molar-refractivity contribution is -0.0522. The number of fused-ring (bicyclic) bond motifs is 4. The maximum Gasteiger partial charge on any atom is 0.131 e. The van der Waals surface area contributed by atoms with E-state index >= 15 is 0 Å². The number of hydrogen-bond acceptors (Lipinski definition) is 2. The fraction of sp³-hybridized carbons (Fsp3) is 0.909. The second-order valence-electron chi connectivity index (χ2n) is 11.0. The third kappa shape index (κ3) is 1.54. The molecule has 4 aliphatic carbocycles. The van der Waals surface area contributed by atoms with Gasteiger partial charge in [-0.25, -0.2) is 0 Å². The quantitative estimate of drug-likeness (QED) is 0.655. The molecule has 6 unspecified atom stereocenters. The molecule has 0 aromatic carbocycles. The largest absolute Gasteiger partial charge is 0.377 e. The maximum atomic E-state index is 11.5.